The molecule has 0 aliphatic carbocycles. The van der Waals surface area contributed by atoms with Crippen LogP contribution in [0.5, 0.6) is 11.5 Å². The van der Waals surface area contributed by atoms with E-state index in [1.54, 1.807) is 6.92 Å². The van der Waals surface area contributed by atoms with Crippen LogP contribution in [0.2, 0.25) is 0 Å². The highest BCUT2D eigenvalue weighted by Crippen LogP contribution is 2.27. The van der Waals surface area contributed by atoms with Crippen molar-refractivity contribution < 1.29 is 19.5 Å². The number of rotatable bonds is 2. The molecule has 6 heteroatoms. The summed E-state index contributed by atoms with van der Waals surface area (Å²) >= 11 is 0. The number of aromatic hydroxyl groups is 2. The summed E-state index contributed by atoms with van der Waals surface area (Å²) in [7, 11) is 0. The Labute approximate surface area is 96.5 Å². The van der Waals surface area contributed by atoms with Crippen molar-refractivity contribution in [3.8, 4) is 11.5 Å². The van der Waals surface area contributed by atoms with Crippen molar-refractivity contribution in [3.63, 3.8) is 0 Å². The maximum atomic E-state index is 11.7. The van der Waals surface area contributed by atoms with Gasteiger partial charge in [-0.05, 0) is 19.1 Å². The Kier molecular flexibility index (Phi) is 2.70. The van der Waals surface area contributed by atoms with Crippen LogP contribution in [0.1, 0.15) is 16.1 Å². The third kappa shape index (κ3) is 2.20. The first-order chi connectivity index (χ1) is 8.08. The molecule has 0 saturated heterocycles. The average Bonchev–Trinajstić information content (AvgIpc) is 2.63. The zero-order valence-corrected chi connectivity index (χ0v) is 8.97. The number of anilines is 1. The van der Waals surface area contributed by atoms with Gasteiger partial charge < -0.3 is 14.7 Å². The number of aromatic nitrogens is 1. The fraction of sp³-hybridized carbons (Fsp3) is 0.0909. The van der Waals surface area contributed by atoms with Crippen molar-refractivity contribution in [2.24, 2.45) is 0 Å². The highest BCUT2D eigenvalue weighted by atomic mass is 16.5. The van der Waals surface area contributed by atoms with Gasteiger partial charge in [-0.1, -0.05) is 11.2 Å². The fourth-order valence-corrected chi connectivity index (χ4v) is 1.36. The van der Waals surface area contributed by atoms with Crippen LogP contribution in [0.3, 0.4) is 0 Å². The van der Waals surface area contributed by atoms with Gasteiger partial charge in [0.1, 0.15) is 17.1 Å². The highest BCUT2D eigenvalue weighted by molar-refractivity contribution is 6.07. The van der Waals surface area contributed by atoms with E-state index in [0.717, 1.165) is 0 Å². The molecule has 0 spiro atoms. The minimum absolute atomic E-state index is 0.148. The molecule has 0 fully saturated rings. The molecule has 1 heterocycles. The number of phenolic OH excluding ortho intramolecular Hbond substituents is 2. The van der Waals surface area contributed by atoms with Gasteiger partial charge in [0.2, 0.25) is 5.88 Å². The van der Waals surface area contributed by atoms with Crippen LogP contribution >= 0.6 is 0 Å². The van der Waals surface area contributed by atoms with Gasteiger partial charge in [-0.15, -0.1) is 0 Å². The van der Waals surface area contributed by atoms with Gasteiger partial charge in [-0.2, -0.15) is 0 Å². The van der Waals surface area contributed by atoms with Crippen LogP contribution in [-0.4, -0.2) is 21.3 Å². The van der Waals surface area contributed by atoms with E-state index in [1.807, 2.05) is 0 Å². The zero-order chi connectivity index (χ0) is 12.4. The van der Waals surface area contributed by atoms with Crippen LogP contribution in [0.25, 0.3) is 0 Å². The van der Waals surface area contributed by atoms with Crippen molar-refractivity contribution in [1.29, 1.82) is 0 Å². The van der Waals surface area contributed by atoms with E-state index in [-0.39, 0.29) is 22.9 Å². The predicted octanol–water partition coefficient (Wildman–Crippen LogP) is 1.65. The number of phenols is 2. The Hall–Kier alpha value is -2.50. The molecular weight excluding hydrogens is 224 g/mol. The highest BCUT2D eigenvalue weighted by Gasteiger charge is 2.17. The van der Waals surface area contributed by atoms with Crippen molar-refractivity contribution >= 4 is 11.8 Å². The predicted molar refractivity (Wildman–Crippen MR) is 59.0 cm³/mol. The van der Waals surface area contributed by atoms with Gasteiger partial charge in [-0.3, -0.25) is 10.1 Å². The molecule has 0 atom stereocenters. The molecule has 2 rings (SSSR count). The van der Waals surface area contributed by atoms with Crippen LogP contribution < -0.4 is 5.32 Å². The fourth-order valence-electron chi connectivity index (χ4n) is 1.36. The first-order valence-electron chi connectivity index (χ1n) is 4.83. The molecule has 6 nitrogen and oxygen atoms in total. The maximum Gasteiger partial charge on any atom is 0.265 e. The maximum absolute atomic E-state index is 11.7. The molecule has 0 bridgehead atoms. The molecule has 3 N–H and O–H groups in total. The number of nitrogens with one attached hydrogen (secondary N) is 1. The molecule has 17 heavy (non-hydrogen) atoms. The van der Waals surface area contributed by atoms with Gasteiger partial charge in [0.15, 0.2) is 0 Å². The number of carbonyl (C=O) groups excluding carboxylic acids is 1. The molecule has 2 aromatic rings. The molecule has 0 unspecified atom stereocenters. The topological polar surface area (TPSA) is 95.6 Å². The van der Waals surface area contributed by atoms with E-state index < -0.39 is 5.91 Å². The van der Waals surface area contributed by atoms with Gasteiger partial charge in [0.05, 0.1) is 5.69 Å². The summed E-state index contributed by atoms with van der Waals surface area (Å²) in [5, 5.41) is 24.9. The standard InChI is InChI=1S/C11H10N2O4/c1-6-5-9(17-13-6)12-11(16)10-7(14)3-2-4-8(10)15/h2-5,14-15H,1H3,(H,12,16). The summed E-state index contributed by atoms with van der Waals surface area (Å²) in [6.45, 7) is 1.70. The number of nitrogens with zero attached hydrogens (tertiary/aromatic N) is 1. The second-order valence-electron chi connectivity index (χ2n) is 3.46. The lowest BCUT2D eigenvalue weighted by molar-refractivity contribution is 0.101. The first kappa shape index (κ1) is 11.0. The number of hydrogen-bond acceptors (Lipinski definition) is 5. The van der Waals surface area contributed by atoms with Crippen molar-refractivity contribution in [2.75, 3.05) is 5.32 Å². The lowest BCUT2D eigenvalue weighted by Gasteiger charge is -2.05. The monoisotopic (exact) mass is 234 g/mol. The van der Waals surface area contributed by atoms with Crippen LogP contribution in [-0.2, 0) is 0 Å². The molecule has 0 saturated carbocycles. The second-order valence-corrected chi connectivity index (χ2v) is 3.46. The van der Waals surface area contributed by atoms with E-state index in [2.05, 4.69) is 10.5 Å². The van der Waals surface area contributed by atoms with Crippen molar-refractivity contribution in [3.05, 3.63) is 35.5 Å². The lowest BCUT2D eigenvalue weighted by Crippen LogP contribution is -2.11. The van der Waals surface area contributed by atoms with Crippen molar-refractivity contribution in [1.82, 2.24) is 5.16 Å². The van der Waals surface area contributed by atoms with Crippen molar-refractivity contribution in [2.45, 2.75) is 6.92 Å². The summed E-state index contributed by atoms with van der Waals surface area (Å²) in [4.78, 5) is 11.7. The van der Waals surface area contributed by atoms with Crippen LogP contribution in [0, 0.1) is 6.92 Å². The first-order valence-corrected chi connectivity index (χ1v) is 4.83. The normalized spacial score (nSPS) is 10.2. The Bertz CT molecular complexity index is 542. The van der Waals surface area contributed by atoms with Crippen LogP contribution in [0.4, 0.5) is 5.88 Å². The number of benzene rings is 1. The average molecular weight is 234 g/mol. The Morgan fingerprint density at radius 3 is 2.53 bits per heavy atom. The molecule has 0 radical (unpaired) electrons. The Morgan fingerprint density at radius 1 is 1.35 bits per heavy atom. The summed E-state index contributed by atoms with van der Waals surface area (Å²) in [5.74, 6) is -1.13. The van der Waals surface area contributed by atoms with E-state index >= 15 is 0 Å². The molecule has 1 aromatic heterocycles. The lowest BCUT2D eigenvalue weighted by atomic mass is 10.1. The largest absolute Gasteiger partial charge is 0.507 e. The molecule has 88 valence electrons. The Morgan fingerprint density at radius 2 is 2.00 bits per heavy atom. The molecule has 0 aliphatic rings. The SMILES string of the molecule is Cc1cc(NC(=O)c2c(O)cccc2O)on1. The van der Waals surface area contributed by atoms with Crippen LogP contribution in [0.15, 0.2) is 28.8 Å². The molecular formula is C11H10N2O4. The third-order valence-corrected chi connectivity index (χ3v) is 2.11. The number of amides is 1. The van der Waals surface area contributed by atoms with E-state index in [1.165, 1.54) is 24.3 Å². The summed E-state index contributed by atoms with van der Waals surface area (Å²) < 4.78 is 4.79. The van der Waals surface area contributed by atoms with Gasteiger partial charge >= 0.3 is 0 Å². The third-order valence-electron chi connectivity index (χ3n) is 2.11. The zero-order valence-electron chi connectivity index (χ0n) is 8.97. The smallest absolute Gasteiger partial charge is 0.265 e. The summed E-state index contributed by atoms with van der Waals surface area (Å²) in [6.07, 6.45) is 0. The molecule has 1 aromatic carbocycles. The summed E-state index contributed by atoms with van der Waals surface area (Å²) in [6, 6.07) is 5.56. The number of hydrogen-bond donors (Lipinski definition) is 3. The molecule has 0 aliphatic heterocycles. The summed E-state index contributed by atoms with van der Waals surface area (Å²) in [5.41, 5.74) is 0.406. The Balaban J connectivity index is 2.26. The number of carbonyl (C=O) groups is 1. The minimum atomic E-state index is -0.670. The number of aryl methyl sites for hydroxylation is 1. The van der Waals surface area contributed by atoms with Gasteiger partial charge in [0, 0.05) is 6.07 Å². The second kappa shape index (κ2) is 4.17. The minimum Gasteiger partial charge on any atom is -0.507 e. The van der Waals surface area contributed by atoms with E-state index in [4.69, 9.17) is 4.52 Å². The quantitative estimate of drug-likeness (QED) is 0.734. The molecule has 1 amide bonds. The van der Waals surface area contributed by atoms with Gasteiger partial charge in [-0.25, -0.2) is 0 Å². The van der Waals surface area contributed by atoms with Gasteiger partial charge in [0.25, 0.3) is 5.91 Å². The van der Waals surface area contributed by atoms with E-state index in [9.17, 15) is 15.0 Å². The van der Waals surface area contributed by atoms with E-state index in [0.29, 0.717) is 5.69 Å².